The first-order chi connectivity index (χ1) is 9.70. The lowest BCUT2D eigenvalue weighted by Gasteiger charge is -2.21. The van der Waals surface area contributed by atoms with Crippen molar-refractivity contribution in [3.05, 3.63) is 35.4 Å². The first-order valence-electron chi connectivity index (χ1n) is 8.50. The zero-order chi connectivity index (χ0) is 14.4. The second kappa shape index (κ2) is 7.83. The Morgan fingerprint density at radius 1 is 1.25 bits per heavy atom. The van der Waals surface area contributed by atoms with Crippen molar-refractivity contribution in [2.24, 2.45) is 11.8 Å². The van der Waals surface area contributed by atoms with Crippen molar-refractivity contribution < 1.29 is 0 Å². The smallest absolute Gasteiger partial charge is 0.00146 e. The maximum Gasteiger partial charge on any atom is -0.00146 e. The minimum Gasteiger partial charge on any atom is -0.316 e. The molecule has 112 valence electrons. The summed E-state index contributed by atoms with van der Waals surface area (Å²) in [5.74, 6) is 2.37. The van der Waals surface area contributed by atoms with Gasteiger partial charge in [-0.2, -0.15) is 0 Å². The van der Waals surface area contributed by atoms with Crippen molar-refractivity contribution in [3.63, 3.8) is 0 Å². The molecule has 1 nitrogen and oxygen atoms in total. The van der Waals surface area contributed by atoms with E-state index < -0.39 is 0 Å². The van der Waals surface area contributed by atoms with Gasteiger partial charge in [-0.3, -0.25) is 0 Å². The van der Waals surface area contributed by atoms with Crippen LogP contribution < -0.4 is 5.32 Å². The van der Waals surface area contributed by atoms with Crippen molar-refractivity contribution in [1.29, 1.82) is 0 Å². The molecule has 1 aromatic carbocycles. The van der Waals surface area contributed by atoms with E-state index in [1.807, 2.05) is 0 Å². The molecule has 1 N–H and O–H groups in total. The maximum absolute atomic E-state index is 3.67. The summed E-state index contributed by atoms with van der Waals surface area (Å²) in [6.45, 7) is 9.18. The van der Waals surface area contributed by atoms with Crippen LogP contribution in [0.15, 0.2) is 24.3 Å². The van der Waals surface area contributed by atoms with Crippen LogP contribution in [-0.2, 0) is 6.42 Å². The summed E-state index contributed by atoms with van der Waals surface area (Å²) in [5.41, 5.74) is 3.11. The average Bonchev–Trinajstić information content (AvgIpc) is 2.87. The summed E-state index contributed by atoms with van der Waals surface area (Å²) in [6, 6.07) is 9.37. The normalized spacial score (nSPS) is 22.6. The van der Waals surface area contributed by atoms with Gasteiger partial charge in [0, 0.05) is 0 Å². The van der Waals surface area contributed by atoms with Crippen LogP contribution in [0.5, 0.6) is 0 Å². The van der Waals surface area contributed by atoms with Gasteiger partial charge in [-0.1, -0.05) is 57.9 Å². The molecule has 0 heterocycles. The largest absolute Gasteiger partial charge is 0.316 e. The molecule has 1 heteroatoms. The first kappa shape index (κ1) is 15.6. The molecule has 0 amide bonds. The monoisotopic (exact) mass is 273 g/mol. The van der Waals surface area contributed by atoms with Crippen LogP contribution in [0.25, 0.3) is 0 Å². The molecule has 2 unspecified atom stereocenters. The van der Waals surface area contributed by atoms with Crippen LogP contribution in [-0.4, -0.2) is 13.1 Å². The molecule has 2 atom stereocenters. The van der Waals surface area contributed by atoms with E-state index in [9.17, 15) is 0 Å². The van der Waals surface area contributed by atoms with Crippen molar-refractivity contribution in [2.75, 3.05) is 13.1 Å². The van der Waals surface area contributed by atoms with Crippen LogP contribution in [0.1, 0.15) is 63.5 Å². The van der Waals surface area contributed by atoms with Crippen LogP contribution in [0, 0.1) is 11.8 Å². The van der Waals surface area contributed by atoms with Gasteiger partial charge in [0.1, 0.15) is 0 Å². The molecule has 20 heavy (non-hydrogen) atoms. The number of aryl methyl sites for hydroxylation is 1. The van der Waals surface area contributed by atoms with E-state index in [2.05, 4.69) is 50.4 Å². The molecule has 0 aromatic heterocycles. The Morgan fingerprint density at radius 2 is 2.10 bits per heavy atom. The third-order valence-corrected chi connectivity index (χ3v) is 4.54. The van der Waals surface area contributed by atoms with E-state index in [0.717, 1.165) is 24.3 Å². The highest BCUT2D eigenvalue weighted by molar-refractivity contribution is 5.28. The van der Waals surface area contributed by atoms with Gasteiger partial charge in [-0.05, 0) is 61.2 Å². The highest BCUT2D eigenvalue weighted by Crippen LogP contribution is 2.39. The van der Waals surface area contributed by atoms with Gasteiger partial charge in [0.05, 0.1) is 0 Å². The molecule has 0 aliphatic heterocycles. The Labute approximate surface area is 125 Å². The highest BCUT2D eigenvalue weighted by Gasteiger charge is 2.28. The number of nitrogens with one attached hydrogen (secondary N) is 1. The molecule has 1 aromatic rings. The lowest BCUT2D eigenvalue weighted by atomic mass is 9.87. The van der Waals surface area contributed by atoms with Gasteiger partial charge in [0.15, 0.2) is 0 Å². The Hall–Kier alpha value is -0.820. The standard InChI is InChI=1S/C19H31N/c1-4-7-16-8-5-9-17(12-16)19-11-6-10-18(19)14-20-13-15(2)3/h5,8-9,12,15,18-20H,4,6-7,10-11,13-14H2,1-3H3. The molecule has 0 radical (unpaired) electrons. The van der Waals surface area contributed by atoms with Crippen molar-refractivity contribution in [2.45, 2.75) is 58.8 Å². The SMILES string of the molecule is CCCc1cccc(C2CCCC2CNCC(C)C)c1. The molecule has 0 bridgehead atoms. The molecule has 1 aliphatic carbocycles. The number of rotatable bonds is 7. The van der Waals surface area contributed by atoms with E-state index >= 15 is 0 Å². The number of hydrogen-bond acceptors (Lipinski definition) is 1. The van der Waals surface area contributed by atoms with E-state index in [1.165, 1.54) is 44.2 Å². The molecule has 1 fully saturated rings. The van der Waals surface area contributed by atoms with Gasteiger partial charge in [-0.15, -0.1) is 0 Å². The van der Waals surface area contributed by atoms with Gasteiger partial charge in [0.2, 0.25) is 0 Å². The lowest BCUT2D eigenvalue weighted by molar-refractivity contribution is 0.425. The summed E-state index contributed by atoms with van der Waals surface area (Å²) in [6.07, 6.45) is 6.64. The van der Waals surface area contributed by atoms with Crippen molar-refractivity contribution in [1.82, 2.24) is 5.32 Å². The highest BCUT2D eigenvalue weighted by atomic mass is 14.9. The lowest BCUT2D eigenvalue weighted by Crippen LogP contribution is -2.27. The Kier molecular flexibility index (Phi) is 6.09. The Bertz CT molecular complexity index is 397. The third kappa shape index (κ3) is 4.34. The second-order valence-corrected chi connectivity index (χ2v) is 6.84. The van der Waals surface area contributed by atoms with Crippen LogP contribution in [0.3, 0.4) is 0 Å². The maximum atomic E-state index is 3.67. The second-order valence-electron chi connectivity index (χ2n) is 6.84. The fourth-order valence-electron chi connectivity index (χ4n) is 3.55. The van der Waals surface area contributed by atoms with Crippen molar-refractivity contribution in [3.8, 4) is 0 Å². The summed E-state index contributed by atoms with van der Waals surface area (Å²) in [4.78, 5) is 0. The predicted octanol–water partition coefficient (Wildman–Crippen LogP) is 4.77. The van der Waals surface area contributed by atoms with Gasteiger partial charge >= 0.3 is 0 Å². The quantitative estimate of drug-likeness (QED) is 0.754. The molecular formula is C19H31N. The molecular weight excluding hydrogens is 242 g/mol. The molecule has 2 rings (SSSR count). The van der Waals surface area contributed by atoms with Gasteiger partial charge in [-0.25, -0.2) is 0 Å². The molecule has 1 saturated carbocycles. The summed E-state index contributed by atoms with van der Waals surface area (Å²) in [7, 11) is 0. The number of hydrogen-bond donors (Lipinski definition) is 1. The summed E-state index contributed by atoms with van der Waals surface area (Å²) in [5, 5.41) is 3.67. The Balaban J connectivity index is 1.97. The molecule has 1 aliphatic rings. The van der Waals surface area contributed by atoms with E-state index in [1.54, 1.807) is 5.56 Å². The fourth-order valence-corrected chi connectivity index (χ4v) is 3.55. The first-order valence-corrected chi connectivity index (χ1v) is 8.50. The third-order valence-electron chi connectivity index (χ3n) is 4.54. The summed E-state index contributed by atoms with van der Waals surface area (Å²) >= 11 is 0. The van der Waals surface area contributed by atoms with Gasteiger partial charge in [0.25, 0.3) is 0 Å². The van der Waals surface area contributed by atoms with E-state index in [4.69, 9.17) is 0 Å². The Morgan fingerprint density at radius 3 is 2.85 bits per heavy atom. The summed E-state index contributed by atoms with van der Waals surface area (Å²) < 4.78 is 0. The minimum atomic E-state index is 0.753. The predicted molar refractivity (Wildman–Crippen MR) is 88.2 cm³/mol. The zero-order valence-electron chi connectivity index (χ0n) is 13.5. The number of benzene rings is 1. The van der Waals surface area contributed by atoms with Crippen LogP contribution in [0.2, 0.25) is 0 Å². The molecule has 0 saturated heterocycles. The van der Waals surface area contributed by atoms with Gasteiger partial charge < -0.3 is 5.32 Å². The average molecular weight is 273 g/mol. The fraction of sp³-hybridized carbons (Fsp3) is 0.684. The minimum absolute atomic E-state index is 0.753. The van der Waals surface area contributed by atoms with Crippen molar-refractivity contribution >= 4 is 0 Å². The molecule has 0 spiro atoms. The van der Waals surface area contributed by atoms with E-state index in [0.29, 0.717) is 0 Å². The van der Waals surface area contributed by atoms with Crippen LogP contribution in [0.4, 0.5) is 0 Å². The van der Waals surface area contributed by atoms with E-state index in [-0.39, 0.29) is 0 Å². The topological polar surface area (TPSA) is 12.0 Å². The van der Waals surface area contributed by atoms with Crippen LogP contribution >= 0.6 is 0 Å². The zero-order valence-corrected chi connectivity index (χ0v) is 13.5.